The van der Waals surface area contributed by atoms with Crippen LogP contribution in [0.5, 0.6) is 0 Å². The van der Waals surface area contributed by atoms with E-state index in [1.807, 2.05) is 0 Å². The minimum atomic E-state index is -4.03. The third-order valence-electron chi connectivity index (χ3n) is 3.21. The van der Waals surface area contributed by atoms with Crippen LogP contribution in [0.4, 0.5) is 14.5 Å². The molecule has 1 unspecified atom stereocenters. The van der Waals surface area contributed by atoms with Gasteiger partial charge in [0, 0.05) is 25.8 Å². The van der Waals surface area contributed by atoms with E-state index in [1.54, 1.807) is 0 Å². The Labute approximate surface area is 116 Å². The molecule has 5 nitrogen and oxygen atoms in total. The van der Waals surface area contributed by atoms with Gasteiger partial charge in [0.2, 0.25) is 10.0 Å². The number of sulfonamides is 1. The summed E-state index contributed by atoms with van der Waals surface area (Å²) in [5, 5.41) is 0. The standard InChI is InChI=1S/C12H16F2N2O3S/c13-9-5-10(14)12(6-11(9)15)20(17,18)16-3-1-8-2-4-19-7-8/h5-6,8,16H,1-4,7,15H2. The van der Waals surface area contributed by atoms with Crippen LogP contribution in [0.2, 0.25) is 0 Å². The smallest absolute Gasteiger partial charge is 0.243 e. The molecular formula is C12H16F2N2O3S. The first-order valence-corrected chi connectivity index (χ1v) is 7.70. The van der Waals surface area contributed by atoms with Crippen molar-refractivity contribution in [2.75, 3.05) is 25.5 Å². The van der Waals surface area contributed by atoms with Gasteiger partial charge >= 0.3 is 0 Å². The molecule has 8 heteroatoms. The highest BCUT2D eigenvalue weighted by Crippen LogP contribution is 2.21. The number of nitrogen functional groups attached to an aromatic ring is 1. The summed E-state index contributed by atoms with van der Waals surface area (Å²) in [6, 6.07) is 1.25. The van der Waals surface area contributed by atoms with Crippen molar-refractivity contribution in [3.8, 4) is 0 Å². The van der Waals surface area contributed by atoms with E-state index >= 15 is 0 Å². The molecule has 0 amide bonds. The predicted octanol–water partition coefficient (Wildman–Crippen LogP) is 1.25. The van der Waals surface area contributed by atoms with Crippen molar-refractivity contribution in [1.29, 1.82) is 0 Å². The monoisotopic (exact) mass is 306 g/mol. The van der Waals surface area contributed by atoms with Crippen LogP contribution in [0.3, 0.4) is 0 Å². The Morgan fingerprint density at radius 1 is 1.35 bits per heavy atom. The van der Waals surface area contributed by atoms with Gasteiger partial charge in [0.25, 0.3) is 0 Å². The number of nitrogens with one attached hydrogen (secondary N) is 1. The predicted molar refractivity (Wildman–Crippen MR) is 69.5 cm³/mol. The summed E-state index contributed by atoms with van der Waals surface area (Å²) in [6.45, 7) is 1.47. The van der Waals surface area contributed by atoms with Gasteiger partial charge in [0.15, 0.2) is 0 Å². The van der Waals surface area contributed by atoms with Crippen molar-refractivity contribution in [2.45, 2.75) is 17.7 Å². The molecule has 1 aromatic rings. The Kier molecular flexibility index (Phi) is 4.56. The van der Waals surface area contributed by atoms with E-state index in [4.69, 9.17) is 10.5 Å². The Bertz CT molecular complexity index is 587. The zero-order valence-electron chi connectivity index (χ0n) is 10.7. The van der Waals surface area contributed by atoms with Crippen LogP contribution in [0, 0.1) is 17.6 Å². The van der Waals surface area contributed by atoms with E-state index < -0.39 is 32.2 Å². The number of hydrogen-bond donors (Lipinski definition) is 2. The molecule has 0 aliphatic carbocycles. The minimum absolute atomic E-state index is 0.174. The zero-order chi connectivity index (χ0) is 14.8. The molecule has 1 aliphatic rings. The van der Waals surface area contributed by atoms with Crippen LogP contribution < -0.4 is 10.5 Å². The van der Waals surface area contributed by atoms with Crippen LogP contribution in [-0.2, 0) is 14.8 Å². The molecule has 1 saturated heterocycles. The Balaban J connectivity index is 2.04. The molecule has 20 heavy (non-hydrogen) atoms. The number of hydrogen-bond acceptors (Lipinski definition) is 4. The van der Waals surface area contributed by atoms with Gasteiger partial charge in [-0.3, -0.25) is 0 Å². The Hall–Kier alpha value is -1.25. The van der Waals surface area contributed by atoms with E-state index in [-0.39, 0.29) is 6.54 Å². The molecule has 112 valence electrons. The van der Waals surface area contributed by atoms with E-state index in [0.717, 1.165) is 12.5 Å². The maximum Gasteiger partial charge on any atom is 0.243 e. The van der Waals surface area contributed by atoms with Crippen LogP contribution in [0.25, 0.3) is 0 Å². The second-order valence-corrected chi connectivity index (χ2v) is 6.46. The average Bonchev–Trinajstić information content (AvgIpc) is 2.86. The maximum absolute atomic E-state index is 13.5. The van der Waals surface area contributed by atoms with Crippen molar-refractivity contribution >= 4 is 15.7 Å². The van der Waals surface area contributed by atoms with E-state index in [1.165, 1.54) is 0 Å². The van der Waals surface area contributed by atoms with Gasteiger partial charge in [-0.1, -0.05) is 0 Å². The maximum atomic E-state index is 13.5. The quantitative estimate of drug-likeness (QED) is 0.802. The van der Waals surface area contributed by atoms with Crippen LogP contribution in [-0.4, -0.2) is 28.2 Å². The van der Waals surface area contributed by atoms with Crippen molar-refractivity contribution in [2.24, 2.45) is 5.92 Å². The summed E-state index contributed by atoms with van der Waals surface area (Å²) in [7, 11) is -4.03. The molecule has 2 rings (SSSR count). The summed E-state index contributed by atoms with van der Waals surface area (Å²) in [6.07, 6.45) is 1.50. The Morgan fingerprint density at radius 2 is 2.10 bits per heavy atom. The van der Waals surface area contributed by atoms with Gasteiger partial charge in [-0.15, -0.1) is 0 Å². The fourth-order valence-corrected chi connectivity index (χ4v) is 3.18. The lowest BCUT2D eigenvalue weighted by Gasteiger charge is -2.11. The van der Waals surface area contributed by atoms with Crippen molar-refractivity contribution in [3.63, 3.8) is 0 Å². The van der Waals surface area contributed by atoms with Gasteiger partial charge in [-0.2, -0.15) is 0 Å². The number of nitrogens with two attached hydrogens (primary N) is 1. The first-order valence-electron chi connectivity index (χ1n) is 6.22. The molecule has 3 N–H and O–H groups in total. The van der Waals surface area contributed by atoms with E-state index in [0.29, 0.717) is 31.6 Å². The van der Waals surface area contributed by atoms with Gasteiger partial charge in [-0.05, 0) is 24.8 Å². The number of benzene rings is 1. The normalized spacial score (nSPS) is 19.4. The summed E-state index contributed by atoms with van der Waals surface area (Å²) >= 11 is 0. The van der Waals surface area contributed by atoms with Crippen molar-refractivity contribution in [3.05, 3.63) is 23.8 Å². The highest BCUT2D eigenvalue weighted by molar-refractivity contribution is 7.89. The summed E-state index contributed by atoms with van der Waals surface area (Å²) in [4.78, 5) is -0.640. The third-order valence-corrected chi connectivity index (χ3v) is 4.69. The van der Waals surface area contributed by atoms with Gasteiger partial charge in [0.05, 0.1) is 5.69 Å². The lowest BCUT2D eigenvalue weighted by molar-refractivity contribution is 0.184. The second kappa shape index (κ2) is 6.02. The fraction of sp³-hybridized carbons (Fsp3) is 0.500. The molecule has 1 fully saturated rings. The zero-order valence-corrected chi connectivity index (χ0v) is 11.6. The van der Waals surface area contributed by atoms with Crippen LogP contribution in [0.1, 0.15) is 12.8 Å². The summed E-state index contributed by atoms with van der Waals surface area (Å²) < 4.78 is 57.9. The van der Waals surface area contributed by atoms with E-state index in [2.05, 4.69) is 4.72 Å². The molecule has 0 saturated carbocycles. The molecular weight excluding hydrogens is 290 g/mol. The fourth-order valence-electron chi connectivity index (χ4n) is 2.04. The van der Waals surface area contributed by atoms with E-state index in [9.17, 15) is 17.2 Å². The molecule has 1 heterocycles. The van der Waals surface area contributed by atoms with Crippen molar-refractivity contribution < 1.29 is 21.9 Å². The van der Waals surface area contributed by atoms with Crippen LogP contribution in [0.15, 0.2) is 17.0 Å². The molecule has 1 atom stereocenters. The van der Waals surface area contributed by atoms with Gasteiger partial charge < -0.3 is 10.5 Å². The summed E-state index contributed by atoms with van der Waals surface area (Å²) in [5.41, 5.74) is 4.86. The number of rotatable bonds is 5. The molecule has 1 aromatic carbocycles. The second-order valence-electron chi connectivity index (χ2n) is 4.72. The number of anilines is 1. The minimum Gasteiger partial charge on any atom is -0.396 e. The molecule has 0 bridgehead atoms. The van der Waals surface area contributed by atoms with Crippen LogP contribution >= 0.6 is 0 Å². The molecule has 0 aromatic heterocycles. The van der Waals surface area contributed by atoms with Gasteiger partial charge in [0.1, 0.15) is 16.5 Å². The largest absolute Gasteiger partial charge is 0.396 e. The third kappa shape index (κ3) is 3.44. The topological polar surface area (TPSA) is 81.4 Å². The van der Waals surface area contributed by atoms with Crippen molar-refractivity contribution in [1.82, 2.24) is 4.72 Å². The molecule has 0 spiro atoms. The molecule has 1 aliphatic heterocycles. The number of ether oxygens (including phenoxy) is 1. The molecule has 0 radical (unpaired) electrons. The average molecular weight is 306 g/mol. The lowest BCUT2D eigenvalue weighted by atomic mass is 10.1. The number of halogens is 2. The first-order chi connectivity index (χ1) is 9.40. The highest BCUT2D eigenvalue weighted by atomic mass is 32.2. The Morgan fingerprint density at radius 3 is 2.75 bits per heavy atom. The summed E-state index contributed by atoms with van der Waals surface area (Å²) in [5.74, 6) is -1.83. The SMILES string of the molecule is Nc1cc(S(=O)(=O)NCCC2CCOC2)c(F)cc1F. The van der Waals surface area contributed by atoms with Gasteiger partial charge in [-0.25, -0.2) is 21.9 Å². The lowest BCUT2D eigenvalue weighted by Crippen LogP contribution is -2.27. The first kappa shape index (κ1) is 15.1. The highest BCUT2D eigenvalue weighted by Gasteiger charge is 2.22.